The molecule has 27 heavy (non-hydrogen) atoms. The van der Waals surface area contributed by atoms with E-state index in [0.29, 0.717) is 0 Å². The Kier molecular flexibility index (Phi) is 5.64. The molecule has 0 bridgehead atoms. The number of methoxy groups -OCH3 is 1. The largest absolute Gasteiger partial charge is 0.468 e. The molecular weight excluding hydrogens is 364 g/mol. The Morgan fingerprint density at radius 2 is 1.74 bits per heavy atom. The van der Waals surface area contributed by atoms with E-state index >= 15 is 0 Å². The lowest BCUT2D eigenvalue weighted by atomic mass is 9.96. The topological polar surface area (TPSA) is 84.5 Å². The van der Waals surface area contributed by atoms with E-state index in [2.05, 4.69) is 10.0 Å². The first-order valence-corrected chi connectivity index (χ1v) is 10.3. The summed E-state index contributed by atoms with van der Waals surface area (Å²) in [5.41, 5.74) is 1.20. The van der Waals surface area contributed by atoms with Gasteiger partial charge in [0, 0.05) is 12.6 Å². The number of hydrogen-bond acceptors (Lipinski definition) is 5. The minimum Gasteiger partial charge on any atom is -0.468 e. The highest BCUT2D eigenvalue weighted by Crippen LogP contribution is 2.49. The summed E-state index contributed by atoms with van der Waals surface area (Å²) in [6, 6.07) is 16.0. The first-order valence-electron chi connectivity index (χ1n) is 8.84. The fourth-order valence-corrected chi connectivity index (χ4v) is 4.28. The standard InChI is InChI=1S/C20H24N2O4S/c1-21-18(15-6-4-3-5-7-15)14-22-27(24,25)17-10-8-16(9-11-17)20(12-13-20)19(23)26-2/h3-11,18,21-22H,12-14H2,1-2H3. The minimum atomic E-state index is -3.65. The lowest BCUT2D eigenvalue weighted by Gasteiger charge is -2.18. The molecule has 0 amide bonds. The third-order valence-corrected chi connectivity index (χ3v) is 6.51. The number of likely N-dealkylation sites (N-methyl/N-ethyl adjacent to an activating group) is 1. The van der Waals surface area contributed by atoms with Gasteiger partial charge in [0.25, 0.3) is 0 Å². The van der Waals surface area contributed by atoms with Gasteiger partial charge in [-0.25, -0.2) is 13.1 Å². The van der Waals surface area contributed by atoms with Gasteiger partial charge in [-0.05, 0) is 43.1 Å². The van der Waals surface area contributed by atoms with E-state index in [9.17, 15) is 13.2 Å². The van der Waals surface area contributed by atoms with Crippen LogP contribution in [0.4, 0.5) is 0 Å². The van der Waals surface area contributed by atoms with Crippen LogP contribution in [-0.4, -0.2) is 35.1 Å². The molecule has 1 unspecified atom stereocenters. The van der Waals surface area contributed by atoms with Crippen molar-refractivity contribution in [2.75, 3.05) is 20.7 Å². The molecule has 6 nitrogen and oxygen atoms in total. The van der Waals surface area contributed by atoms with Crippen molar-refractivity contribution in [2.24, 2.45) is 0 Å². The molecule has 1 aliphatic rings. The molecular formula is C20H24N2O4S. The number of carbonyl (C=O) groups is 1. The molecule has 7 heteroatoms. The van der Waals surface area contributed by atoms with Crippen LogP contribution in [0.3, 0.4) is 0 Å². The summed E-state index contributed by atoms with van der Waals surface area (Å²) in [5, 5.41) is 3.12. The average Bonchev–Trinajstić information content (AvgIpc) is 3.51. The Balaban J connectivity index is 1.71. The monoisotopic (exact) mass is 388 g/mol. The Morgan fingerprint density at radius 3 is 2.26 bits per heavy atom. The van der Waals surface area contributed by atoms with Gasteiger partial charge >= 0.3 is 5.97 Å². The van der Waals surface area contributed by atoms with Crippen LogP contribution in [0.15, 0.2) is 59.5 Å². The van der Waals surface area contributed by atoms with Gasteiger partial charge in [-0.1, -0.05) is 42.5 Å². The van der Waals surface area contributed by atoms with Gasteiger partial charge in [-0.3, -0.25) is 4.79 Å². The van der Waals surface area contributed by atoms with E-state index in [-0.39, 0.29) is 23.5 Å². The highest BCUT2D eigenvalue weighted by atomic mass is 32.2. The molecule has 0 aliphatic heterocycles. The van der Waals surface area contributed by atoms with Crippen molar-refractivity contribution < 1.29 is 17.9 Å². The third-order valence-electron chi connectivity index (χ3n) is 5.07. The first-order chi connectivity index (χ1) is 12.9. The number of benzene rings is 2. The second kappa shape index (κ2) is 7.80. The molecule has 2 aromatic carbocycles. The normalized spacial score (nSPS) is 16.5. The molecule has 0 spiro atoms. The van der Waals surface area contributed by atoms with Crippen LogP contribution in [0.25, 0.3) is 0 Å². The van der Waals surface area contributed by atoms with Crippen LogP contribution in [-0.2, 0) is 25.0 Å². The van der Waals surface area contributed by atoms with Crippen molar-refractivity contribution in [3.05, 3.63) is 65.7 Å². The third kappa shape index (κ3) is 4.05. The summed E-state index contributed by atoms with van der Waals surface area (Å²) in [4.78, 5) is 12.1. The molecule has 1 aliphatic carbocycles. The molecule has 0 aromatic heterocycles. The summed E-state index contributed by atoms with van der Waals surface area (Å²) in [5.74, 6) is -0.268. The predicted molar refractivity (Wildman–Crippen MR) is 103 cm³/mol. The number of esters is 1. The maximum atomic E-state index is 12.6. The van der Waals surface area contributed by atoms with Crippen LogP contribution in [0.5, 0.6) is 0 Å². The van der Waals surface area contributed by atoms with Gasteiger partial charge in [0.05, 0.1) is 17.4 Å². The zero-order valence-electron chi connectivity index (χ0n) is 15.4. The zero-order valence-corrected chi connectivity index (χ0v) is 16.3. The van der Waals surface area contributed by atoms with Crippen LogP contribution >= 0.6 is 0 Å². The Bertz CT molecular complexity index is 891. The Labute approximate surface area is 160 Å². The van der Waals surface area contributed by atoms with Crippen molar-refractivity contribution >= 4 is 16.0 Å². The number of ether oxygens (including phenoxy) is 1. The fraction of sp³-hybridized carbons (Fsp3) is 0.350. The van der Waals surface area contributed by atoms with Gasteiger partial charge in [-0.2, -0.15) is 0 Å². The molecule has 0 heterocycles. The summed E-state index contributed by atoms with van der Waals surface area (Å²) in [6.07, 6.45) is 1.45. The van der Waals surface area contributed by atoms with Crippen molar-refractivity contribution in [3.63, 3.8) is 0 Å². The van der Waals surface area contributed by atoms with Gasteiger partial charge in [0.15, 0.2) is 0 Å². The molecule has 1 fully saturated rings. The Hall–Kier alpha value is -2.22. The average molecular weight is 388 g/mol. The fourth-order valence-electron chi connectivity index (χ4n) is 3.23. The quantitative estimate of drug-likeness (QED) is 0.677. The zero-order chi connectivity index (χ0) is 19.5. The van der Waals surface area contributed by atoms with Gasteiger partial charge < -0.3 is 10.1 Å². The van der Waals surface area contributed by atoms with Crippen molar-refractivity contribution in [2.45, 2.75) is 29.2 Å². The van der Waals surface area contributed by atoms with Gasteiger partial charge in [0.2, 0.25) is 10.0 Å². The van der Waals surface area contributed by atoms with E-state index < -0.39 is 15.4 Å². The number of nitrogens with one attached hydrogen (secondary N) is 2. The van der Waals surface area contributed by atoms with E-state index in [4.69, 9.17) is 4.74 Å². The SMILES string of the molecule is CNC(CNS(=O)(=O)c1ccc(C2(C(=O)OC)CC2)cc1)c1ccccc1. The van der Waals surface area contributed by atoms with Crippen molar-refractivity contribution in [3.8, 4) is 0 Å². The summed E-state index contributed by atoms with van der Waals surface area (Å²) < 4.78 is 32.8. The van der Waals surface area contributed by atoms with Crippen LogP contribution < -0.4 is 10.0 Å². The maximum absolute atomic E-state index is 12.6. The molecule has 144 valence electrons. The smallest absolute Gasteiger partial charge is 0.316 e. The molecule has 0 radical (unpaired) electrons. The number of hydrogen-bond donors (Lipinski definition) is 2. The predicted octanol–water partition coefficient (Wildman–Crippen LogP) is 2.13. The van der Waals surface area contributed by atoms with E-state index in [0.717, 1.165) is 24.0 Å². The maximum Gasteiger partial charge on any atom is 0.316 e. The molecule has 2 N–H and O–H groups in total. The second-order valence-electron chi connectivity index (χ2n) is 6.70. The first kappa shape index (κ1) is 19.5. The molecule has 1 saturated carbocycles. The molecule has 1 atom stereocenters. The molecule has 3 rings (SSSR count). The summed E-state index contributed by atoms with van der Waals surface area (Å²) >= 11 is 0. The van der Waals surface area contributed by atoms with Crippen molar-refractivity contribution in [1.82, 2.24) is 10.0 Å². The highest BCUT2D eigenvalue weighted by Gasteiger charge is 2.52. The van der Waals surface area contributed by atoms with Crippen LogP contribution in [0, 0.1) is 0 Å². The van der Waals surface area contributed by atoms with Gasteiger partial charge in [-0.15, -0.1) is 0 Å². The van der Waals surface area contributed by atoms with Crippen LogP contribution in [0.1, 0.15) is 30.0 Å². The molecule has 2 aromatic rings. The van der Waals surface area contributed by atoms with Crippen LogP contribution in [0.2, 0.25) is 0 Å². The van der Waals surface area contributed by atoms with Gasteiger partial charge in [0.1, 0.15) is 0 Å². The second-order valence-corrected chi connectivity index (χ2v) is 8.47. The number of sulfonamides is 1. The molecule has 0 saturated heterocycles. The summed E-state index contributed by atoms with van der Waals surface area (Å²) in [7, 11) is -0.482. The van der Waals surface area contributed by atoms with Crippen molar-refractivity contribution in [1.29, 1.82) is 0 Å². The Morgan fingerprint density at radius 1 is 1.11 bits per heavy atom. The minimum absolute atomic E-state index is 0.130. The number of rotatable bonds is 8. The lowest BCUT2D eigenvalue weighted by molar-refractivity contribution is -0.143. The lowest BCUT2D eigenvalue weighted by Crippen LogP contribution is -2.33. The number of carbonyl (C=O) groups excluding carboxylic acids is 1. The van der Waals surface area contributed by atoms with E-state index in [1.54, 1.807) is 19.2 Å². The van der Waals surface area contributed by atoms with E-state index in [1.165, 1.54) is 19.2 Å². The highest BCUT2D eigenvalue weighted by molar-refractivity contribution is 7.89. The van der Waals surface area contributed by atoms with E-state index in [1.807, 2.05) is 30.3 Å². The summed E-state index contributed by atoms with van der Waals surface area (Å²) in [6.45, 7) is 0.233.